The summed E-state index contributed by atoms with van der Waals surface area (Å²) in [5.74, 6) is 0. The van der Waals surface area contributed by atoms with Crippen LogP contribution in [-0.2, 0) is 0 Å². The number of anilines is 6. The maximum atomic E-state index is 6.25. The molecule has 0 atom stereocenters. The summed E-state index contributed by atoms with van der Waals surface area (Å²) in [4.78, 5) is 4.67. The van der Waals surface area contributed by atoms with Gasteiger partial charge in [0.25, 0.3) is 0 Å². The van der Waals surface area contributed by atoms with E-state index in [2.05, 4.69) is 252 Å². The second kappa shape index (κ2) is 16.6. The second-order valence-corrected chi connectivity index (χ2v) is 15.8. The molecule has 0 saturated carbocycles. The molecule has 1 aromatic heterocycles. The van der Waals surface area contributed by atoms with Crippen LogP contribution in [0.2, 0.25) is 0 Å². The molecule has 3 nitrogen and oxygen atoms in total. The minimum atomic E-state index is 0.876. The van der Waals surface area contributed by atoms with Gasteiger partial charge in [-0.15, -0.1) is 0 Å². The lowest BCUT2D eigenvalue weighted by molar-refractivity contribution is 0.669. The number of fused-ring (bicyclic) bond motifs is 3. The lowest BCUT2D eigenvalue weighted by Crippen LogP contribution is -2.10. The third kappa shape index (κ3) is 7.54. The van der Waals surface area contributed by atoms with Gasteiger partial charge >= 0.3 is 0 Å². The van der Waals surface area contributed by atoms with Crippen LogP contribution in [-0.4, -0.2) is 0 Å². The first-order valence-electron chi connectivity index (χ1n) is 21.4. The van der Waals surface area contributed by atoms with Gasteiger partial charge in [-0.05, 0) is 129 Å². The predicted octanol–water partition coefficient (Wildman–Crippen LogP) is 17.2. The molecular formula is C60H42N2O. The molecule has 0 fully saturated rings. The number of para-hydroxylation sites is 1. The molecular weight excluding hydrogens is 765 g/mol. The van der Waals surface area contributed by atoms with Crippen LogP contribution in [0.25, 0.3) is 66.4 Å². The van der Waals surface area contributed by atoms with Crippen LogP contribution in [0.1, 0.15) is 0 Å². The number of hydrogen-bond acceptors (Lipinski definition) is 3. The number of hydrogen-bond donors (Lipinski definition) is 0. The van der Waals surface area contributed by atoms with Gasteiger partial charge in [0.15, 0.2) is 0 Å². The van der Waals surface area contributed by atoms with Crippen molar-refractivity contribution in [3.05, 3.63) is 255 Å². The number of furan rings is 1. The fourth-order valence-electron chi connectivity index (χ4n) is 8.68. The normalized spacial score (nSPS) is 11.2. The molecule has 0 N–H and O–H groups in total. The summed E-state index contributed by atoms with van der Waals surface area (Å²) in [5.41, 5.74) is 17.6. The summed E-state index contributed by atoms with van der Waals surface area (Å²) in [7, 11) is 0. The van der Waals surface area contributed by atoms with Crippen molar-refractivity contribution in [1.82, 2.24) is 0 Å². The number of rotatable bonds is 10. The molecule has 0 unspecified atom stereocenters. The van der Waals surface area contributed by atoms with Gasteiger partial charge in [0.1, 0.15) is 11.2 Å². The highest BCUT2D eigenvalue weighted by atomic mass is 16.3. The van der Waals surface area contributed by atoms with Crippen molar-refractivity contribution in [1.29, 1.82) is 0 Å². The molecule has 3 heteroatoms. The quantitative estimate of drug-likeness (QED) is 0.137. The SMILES string of the molecule is c1ccc(-c2ccc(N(c3ccc(-c4ccccc4)cc3)c3ccc(-c4cccc(N(c5ccc(-c6ccccc6)cc5)c5ccc6oc7ccccc7c6c5)c4)cc3)cc2)cc1. The Morgan fingerprint density at radius 2 is 0.540 bits per heavy atom. The molecule has 63 heavy (non-hydrogen) atoms. The van der Waals surface area contributed by atoms with E-state index in [1.54, 1.807) is 0 Å². The summed E-state index contributed by atoms with van der Waals surface area (Å²) in [6, 6.07) is 90.7. The lowest BCUT2D eigenvalue weighted by Gasteiger charge is -2.27. The predicted molar refractivity (Wildman–Crippen MR) is 265 cm³/mol. The number of benzene rings is 10. The Morgan fingerprint density at radius 1 is 0.206 bits per heavy atom. The molecule has 0 aliphatic carbocycles. The highest BCUT2D eigenvalue weighted by Gasteiger charge is 2.18. The van der Waals surface area contributed by atoms with Crippen molar-refractivity contribution in [3.8, 4) is 44.5 Å². The summed E-state index contributed by atoms with van der Waals surface area (Å²) >= 11 is 0. The van der Waals surface area contributed by atoms with Crippen molar-refractivity contribution in [3.63, 3.8) is 0 Å². The Morgan fingerprint density at radius 3 is 1.02 bits per heavy atom. The third-order valence-corrected chi connectivity index (χ3v) is 11.9. The average molecular weight is 807 g/mol. The number of nitrogens with zero attached hydrogens (tertiary/aromatic N) is 2. The first kappa shape index (κ1) is 37.6. The molecule has 298 valence electrons. The smallest absolute Gasteiger partial charge is 0.135 e. The Bertz CT molecular complexity index is 3200. The maximum Gasteiger partial charge on any atom is 0.135 e. The topological polar surface area (TPSA) is 19.6 Å². The molecule has 10 aromatic carbocycles. The van der Waals surface area contributed by atoms with E-state index in [1.165, 1.54) is 33.4 Å². The highest BCUT2D eigenvalue weighted by molar-refractivity contribution is 6.06. The Labute approximate surface area is 368 Å². The van der Waals surface area contributed by atoms with E-state index in [0.29, 0.717) is 0 Å². The van der Waals surface area contributed by atoms with Crippen LogP contribution in [0.5, 0.6) is 0 Å². The Balaban J connectivity index is 0.963. The zero-order valence-electron chi connectivity index (χ0n) is 34.6. The molecule has 1 heterocycles. The minimum absolute atomic E-state index is 0.876. The molecule has 0 amide bonds. The molecule has 0 spiro atoms. The van der Waals surface area contributed by atoms with Gasteiger partial charge in [-0.1, -0.05) is 170 Å². The molecule has 11 rings (SSSR count). The Kier molecular flexibility index (Phi) is 9.89. The highest BCUT2D eigenvalue weighted by Crippen LogP contribution is 2.42. The van der Waals surface area contributed by atoms with Crippen molar-refractivity contribution < 1.29 is 4.42 Å². The lowest BCUT2D eigenvalue weighted by atomic mass is 10.0. The molecule has 0 aliphatic heterocycles. The Hall–Kier alpha value is -8.40. The fraction of sp³-hybridized carbons (Fsp3) is 0. The van der Waals surface area contributed by atoms with Gasteiger partial charge in [-0.3, -0.25) is 0 Å². The minimum Gasteiger partial charge on any atom is -0.456 e. The van der Waals surface area contributed by atoms with E-state index in [0.717, 1.165) is 67.2 Å². The fourth-order valence-corrected chi connectivity index (χ4v) is 8.68. The van der Waals surface area contributed by atoms with E-state index in [-0.39, 0.29) is 0 Å². The van der Waals surface area contributed by atoms with E-state index < -0.39 is 0 Å². The molecule has 0 radical (unpaired) electrons. The zero-order chi connectivity index (χ0) is 42.0. The van der Waals surface area contributed by atoms with Crippen LogP contribution in [0, 0.1) is 0 Å². The maximum absolute atomic E-state index is 6.25. The van der Waals surface area contributed by atoms with Crippen LogP contribution in [0.15, 0.2) is 259 Å². The first-order valence-corrected chi connectivity index (χ1v) is 21.4. The molecule has 0 aliphatic rings. The molecule has 0 saturated heterocycles. The van der Waals surface area contributed by atoms with E-state index in [1.807, 2.05) is 12.1 Å². The van der Waals surface area contributed by atoms with Crippen LogP contribution in [0.3, 0.4) is 0 Å². The van der Waals surface area contributed by atoms with Crippen molar-refractivity contribution in [2.75, 3.05) is 9.80 Å². The standard InChI is InChI=1S/C60H42N2O/c1-4-13-43(14-5-1)46-23-31-51(32-24-46)61(52-33-25-47(26-34-52)44-15-6-2-7-16-44)53-37-29-49(30-38-53)50-19-12-20-55(41-50)62(54-35-27-48(28-36-54)45-17-8-3-9-18-45)56-39-40-60-58(42-56)57-21-10-11-22-59(57)63-60/h1-42H. The van der Waals surface area contributed by atoms with Gasteiger partial charge in [-0.25, -0.2) is 0 Å². The first-order chi connectivity index (χ1) is 31.2. The molecule has 0 bridgehead atoms. The molecule has 11 aromatic rings. The second-order valence-electron chi connectivity index (χ2n) is 15.8. The van der Waals surface area contributed by atoms with Gasteiger partial charge in [-0.2, -0.15) is 0 Å². The summed E-state index contributed by atoms with van der Waals surface area (Å²) in [6.07, 6.45) is 0. The van der Waals surface area contributed by atoms with Crippen LogP contribution in [0.4, 0.5) is 34.1 Å². The van der Waals surface area contributed by atoms with Crippen molar-refractivity contribution in [2.45, 2.75) is 0 Å². The van der Waals surface area contributed by atoms with Crippen molar-refractivity contribution in [2.24, 2.45) is 0 Å². The van der Waals surface area contributed by atoms with Crippen molar-refractivity contribution >= 4 is 56.1 Å². The monoisotopic (exact) mass is 806 g/mol. The van der Waals surface area contributed by atoms with E-state index in [4.69, 9.17) is 4.42 Å². The zero-order valence-corrected chi connectivity index (χ0v) is 34.6. The summed E-state index contributed by atoms with van der Waals surface area (Å²) < 4.78 is 6.25. The third-order valence-electron chi connectivity index (χ3n) is 11.9. The van der Waals surface area contributed by atoms with Crippen LogP contribution >= 0.6 is 0 Å². The summed E-state index contributed by atoms with van der Waals surface area (Å²) in [6.45, 7) is 0. The van der Waals surface area contributed by atoms with Gasteiger partial charge in [0, 0.05) is 44.9 Å². The van der Waals surface area contributed by atoms with Gasteiger partial charge < -0.3 is 14.2 Å². The largest absolute Gasteiger partial charge is 0.456 e. The van der Waals surface area contributed by atoms with Gasteiger partial charge in [0.05, 0.1) is 0 Å². The van der Waals surface area contributed by atoms with E-state index >= 15 is 0 Å². The van der Waals surface area contributed by atoms with E-state index in [9.17, 15) is 0 Å². The van der Waals surface area contributed by atoms with Gasteiger partial charge in [0.2, 0.25) is 0 Å². The average Bonchev–Trinajstić information content (AvgIpc) is 3.74. The summed E-state index contributed by atoms with van der Waals surface area (Å²) in [5, 5.41) is 2.20. The van der Waals surface area contributed by atoms with Crippen LogP contribution < -0.4 is 9.80 Å².